The third-order valence-electron chi connectivity index (χ3n) is 2.43. The monoisotopic (exact) mass is 300 g/mol. The van der Waals surface area contributed by atoms with Crippen LogP contribution in [0, 0.1) is 0 Å². The number of anilines is 1. The molecule has 0 aromatic heterocycles. The van der Waals surface area contributed by atoms with Gasteiger partial charge in [0.05, 0.1) is 23.4 Å². The van der Waals surface area contributed by atoms with Crippen LogP contribution in [0.15, 0.2) is 18.2 Å². The molecule has 0 bridgehead atoms. The number of carbonyl (C=O) groups is 2. The maximum atomic E-state index is 11.8. The average molecular weight is 301 g/mol. The molecular weight excluding hydrogens is 284 g/mol. The smallest absolute Gasteiger partial charge is 0.339 e. The molecule has 6 nitrogen and oxygen atoms in total. The van der Waals surface area contributed by atoms with E-state index in [2.05, 4.69) is 10.6 Å². The van der Waals surface area contributed by atoms with Gasteiger partial charge in [-0.1, -0.05) is 17.7 Å². The lowest BCUT2D eigenvalue weighted by Gasteiger charge is -2.15. The number of aromatic carboxylic acids is 1. The van der Waals surface area contributed by atoms with Gasteiger partial charge < -0.3 is 20.5 Å². The molecule has 0 aliphatic heterocycles. The van der Waals surface area contributed by atoms with Crippen molar-refractivity contribution in [3.05, 3.63) is 28.8 Å². The van der Waals surface area contributed by atoms with Gasteiger partial charge in [0.2, 0.25) is 0 Å². The summed E-state index contributed by atoms with van der Waals surface area (Å²) in [6, 6.07) is 3.78. The number of carboxylic acid groups (broad SMARTS) is 1. The molecular formula is C13H17ClN2O4. The molecule has 1 atom stereocenters. The molecule has 0 saturated heterocycles. The minimum absolute atomic E-state index is 0.0673. The summed E-state index contributed by atoms with van der Waals surface area (Å²) in [5, 5.41) is 14.3. The van der Waals surface area contributed by atoms with Crippen molar-refractivity contribution >= 4 is 29.3 Å². The summed E-state index contributed by atoms with van der Waals surface area (Å²) in [7, 11) is 0. The molecule has 1 aromatic rings. The van der Waals surface area contributed by atoms with Crippen LogP contribution in [0.4, 0.5) is 10.5 Å². The minimum Gasteiger partial charge on any atom is -0.478 e. The van der Waals surface area contributed by atoms with Crippen molar-refractivity contribution in [3.8, 4) is 0 Å². The Balaban J connectivity index is 2.71. The maximum absolute atomic E-state index is 11.8. The van der Waals surface area contributed by atoms with Gasteiger partial charge in [0.1, 0.15) is 5.56 Å². The Morgan fingerprint density at radius 2 is 2.15 bits per heavy atom. The lowest BCUT2D eigenvalue weighted by molar-refractivity contribution is 0.0698. The highest BCUT2D eigenvalue weighted by Gasteiger charge is 2.16. The van der Waals surface area contributed by atoms with Gasteiger partial charge in [-0.25, -0.2) is 9.59 Å². The first-order valence-electron chi connectivity index (χ1n) is 6.12. The standard InChI is InChI=1S/C13H17ClN2O4/c1-3-20-7-8(2)15-13(19)16-10-6-4-5-9(14)11(10)12(17)18/h4-6,8H,3,7H2,1-2H3,(H,17,18)(H2,15,16,19). The van der Waals surface area contributed by atoms with Crippen LogP contribution >= 0.6 is 11.6 Å². The predicted molar refractivity (Wildman–Crippen MR) is 76.5 cm³/mol. The molecule has 7 heteroatoms. The van der Waals surface area contributed by atoms with E-state index in [1.807, 2.05) is 6.92 Å². The number of rotatable bonds is 6. The molecule has 0 aliphatic rings. The van der Waals surface area contributed by atoms with Crippen molar-refractivity contribution in [2.75, 3.05) is 18.5 Å². The third kappa shape index (κ3) is 4.71. The van der Waals surface area contributed by atoms with Gasteiger partial charge in [-0.2, -0.15) is 0 Å². The fourth-order valence-corrected chi connectivity index (χ4v) is 1.82. The maximum Gasteiger partial charge on any atom is 0.339 e. The number of carboxylic acids is 1. The number of ether oxygens (including phenoxy) is 1. The van der Waals surface area contributed by atoms with E-state index in [4.69, 9.17) is 21.4 Å². The molecule has 0 fully saturated rings. The average Bonchev–Trinajstić information content (AvgIpc) is 2.35. The van der Waals surface area contributed by atoms with E-state index in [9.17, 15) is 9.59 Å². The van der Waals surface area contributed by atoms with Crippen LogP contribution in [-0.2, 0) is 4.74 Å². The number of urea groups is 1. The summed E-state index contributed by atoms with van der Waals surface area (Å²) in [6.07, 6.45) is 0. The zero-order valence-electron chi connectivity index (χ0n) is 11.3. The molecule has 3 N–H and O–H groups in total. The third-order valence-corrected chi connectivity index (χ3v) is 2.74. The molecule has 0 radical (unpaired) electrons. The zero-order valence-corrected chi connectivity index (χ0v) is 12.0. The van der Waals surface area contributed by atoms with Gasteiger partial charge in [0.15, 0.2) is 0 Å². The van der Waals surface area contributed by atoms with Crippen LogP contribution in [0.5, 0.6) is 0 Å². The van der Waals surface area contributed by atoms with E-state index in [0.29, 0.717) is 13.2 Å². The first-order valence-corrected chi connectivity index (χ1v) is 6.50. The molecule has 20 heavy (non-hydrogen) atoms. The predicted octanol–water partition coefficient (Wildman–Crippen LogP) is 2.58. The molecule has 0 spiro atoms. The number of hydrogen-bond donors (Lipinski definition) is 3. The van der Waals surface area contributed by atoms with Gasteiger partial charge in [0.25, 0.3) is 0 Å². The van der Waals surface area contributed by atoms with Crippen molar-refractivity contribution < 1.29 is 19.4 Å². The number of halogens is 1. The molecule has 1 rings (SSSR count). The van der Waals surface area contributed by atoms with Crippen LogP contribution in [0.3, 0.4) is 0 Å². The van der Waals surface area contributed by atoms with Crippen LogP contribution in [0.2, 0.25) is 5.02 Å². The van der Waals surface area contributed by atoms with Gasteiger partial charge in [-0.05, 0) is 26.0 Å². The molecule has 0 heterocycles. The Labute approximate surface area is 122 Å². The first kappa shape index (κ1) is 16.3. The number of nitrogens with one attached hydrogen (secondary N) is 2. The van der Waals surface area contributed by atoms with E-state index in [1.54, 1.807) is 13.0 Å². The van der Waals surface area contributed by atoms with Crippen LogP contribution in [-0.4, -0.2) is 36.4 Å². The van der Waals surface area contributed by atoms with Crippen LogP contribution < -0.4 is 10.6 Å². The summed E-state index contributed by atoms with van der Waals surface area (Å²) in [6.45, 7) is 4.58. The highest BCUT2D eigenvalue weighted by Crippen LogP contribution is 2.24. The summed E-state index contributed by atoms with van der Waals surface area (Å²) in [5.74, 6) is -1.20. The summed E-state index contributed by atoms with van der Waals surface area (Å²) in [4.78, 5) is 22.9. The van der Waals surface area contributed by atoms with E-state index in [-0.39, 0.29) is 22.3 Å². The fraction of sp³-hybridized carbons (Fsp3) is 0.385. The number of carbonyl (C=O) groups excluding carboxylic acids is 1. The molecule has 0 aliphatic carbocycles. The van der Waals surface area contributed by atoms with Gasteiger partial charge >= 0.3 is 12.0 Å². The first-order chi connectivity index (χ1) is 9.45. The number of hydrogen-bond acceptors (Lipinski definition) is 3. The number of amides is 2. The Morgan fingerprint density at radius 3 is 2.75 bits per heavy atom. The van der Waals surface area contributed by atoms with Crippen LogP contribution in [0.25, 0.3) is 0 Å². The number of benzene rings is 1. The Bertz CT molecular complexity index is 493. The highest BCUT2D eigenvalue weighted by molar-refractivity contribution is 6.34. The van der Waals surface area contributed by atoms with Crippen molar-refractivity contribution in [2.45, 2.75) is 19.9 Å². The molecule has 2 amide bonds. The fourth-order valence-electron chi connectivity index (χ4n) is 1.56. The normalized spacial score (nSPS) is 11.8. The van der Waals surface area contributed by atoms with E-state index in [0.717, 1.165) is 0 Å². The Morgan fingerprint density at radius 1 is 1.45 bits per heavy atom. The lowest BCUT2D eigenvalue weighted by Crippen LogP contribution is -2.39. The van der Waals surface area contributed by atoms with Crippen molar-refractivity contribution in [1.29, 1.82) is 0 Å². The summed E-state index contributed by atoms with van der Waals surface area (Å²) >= 11 is 5.81. The second-order valence-electron chi connectivity index (χ2n) is 4.13. The van der Waals surface area contributed by atoms with Crippen LogP contribution in [0.1, 0.15) is 24.2 Å². The zero-order chi connectivity index (χ0) is 15.1. The van der Waals surface area contributed by atoms with E-state index in [1.165, 1.54) is 12.1 Å². The second kappa shape index (κ2) is 7.72. The van der Waals surface area contributed by atoms with Crippen molar-refractivity contribution in [1.82, 2.24) is 5.32 Å². The molecule has 0 saturated carbocycles. The van der Waals surface area contributed by atoms with Gasteiger partial charge in [-0.15, -0.1) is 0 Å². The van der Waals surface area contributed by atoms with E-state index < -0.39 is 12.0 Å². The summed E-state index contributed by atoms with van der Waals surface area (Å²) in [5.41, 5.74) is 0.00730. The lowest BCUT2D eigenvalue weighted by atomic mass is 10.2. The highest BCUT2D eigenvalue weighted by atomic mass is 35.5. The molecule has 110 valence electrons. The largest absolute Gasteiger partial charge is 0.478 e. The topological polar surface area (TPSA) is 87.7 Å². The quantitative estimate of drug-likeness (QED) is 0.753. The minimum atomic E-state index is -1.20. The Hall–Kier alpha value is -1.79. The van der Waals surface area contributed by atoms with Crippen molar-refractivity contribution in [3.63, 3.8) is 0 Å². The Kier molecular flexibility index (Phi) is 6.27. The van der Waals surface area contributed by atoms with Crippen molar-refractivity contribution in [2.24, 2.45) is 0 Å². The second-order valence-corrected chi connectivity index (χ2v) is 4.53. The summed E-state index contributed by atoms with van der Waals surface area (Å²) < 4.78 is 5.17. The van der Waals surface area contributed by atoms with E-state index >= 15 is 0 Å². The SMILES string of the molecule is CCOCC(C)NC(=O)Nc1cccc(Cl)c1C(=O)O. The van der Waals surface area contributed by atoms with Gasteiger partial charge in [-0.3, -0.25) is 0 Å². The molecule has 1 unspecified atom stereocenters. The van der Waals surface area contributed by atoms with Gasteiger partial charge in [0, 0.05) is 6.61 Å². The molecule has 1 aromatic carbocycles.